The zero-order valence-corrected chi connectivity index (χ0v) is 26.2. The van der Waals surface area contributed by atoms with Gasteiger partial charge in [0.2, 0.25) is 0 Å². The molecular formula is C36H32N2O5P2+2. The smallest absolute Gasteiger partial charge is 0.324 e. The van der Waals surface area contributed by atoms with Gasteiger partial charge in [0.05, 0.1) is 12.3 Å². The van der Waals surface area contributed by atoms with Crippen LogP contribution >= 0.6 is 15.3 Å². The van der Waals surface area contributed by atoms with Crippen LogP contribution in [0.1, 0.15) is 22.3 Å². The molecule has 0 aliphatic rings. The monoisotopic (exact) mass is 634 g/mol. The number of nitrogens with zero attached hydrogens (tertiary/aromatic N) is 2. The summed E-state index contributed by atoms with van der Waals surface area (Å²) in [6, 6.07) is 36.5. The third kappa shape index (κ3) is 8.16. The minimum Gasteiger partial charge on any atom is -0.324 e. The molecule has 9 heteroatoms. The fourth-order valence-corrected chi connectivity index (χ4v) is 6.62. The lowest BCUT2D eigenvalue weighted by Gasteiger charge is -2.07. The second-order valence-corrected chi connectivity index (χ2v) is 13.9. The number of fused-ring (bicyclic) bond motifs is 1. The molecular weight excluding hydrogens is 602 g/mol. The van der Waals surface area contributed by atoms with Crippen molar-refractivity contribution in [2.24, 2.45) is 0 Å². The molecule has 0 amide bonds. The van der Waals surface area contributed by atoms with Gasteiger partial charge in [0.1, 0.15) is 0 Å². The van der Waals surface area contributed by atoms with E-state index in [1.807, 2.05) is 48.8 Å². The summed E-state index contributed by atoms with van der Waals surface area (Å²) in [6.07, 6.45) is 8.04. The normalized spacial score (nSPS) is 11.5. The molecule has 2 N–H and O–H groups in total. The summed E-state index contributed by atoms with van der Waals surface area (Å²) in [4.78, 5) is 18.4. The molecule has 45 heavy (non-hydrogen) atoms. The molecule has 6 rings (SSSR count). The third-order valence-electron chi connectivity index (χ3n) is 7.77. The Hall–Kier alpha value is -4.51. The van der Waals surface area contributed by atoms with Crippen molar-refractivity contribution < 1.29 is 32.6 Å². The Labute approximate surface area is 262 Å². The minimum atomic E-state index is -4.07. The van der Waals surface area contributed by atoms with Crippen molar-refractivity contribution in [3.63, 3.8) is 0 Å². The second-order valence-electron chi connectivity index (χ2n) is 11.2. The molecule has 0 spiro atoms. The molecule has 6 aromatic rings. The maximum atomic E-state index is 11.2. The third-order valence-corrected chi connectivity index (χ3v) is 9.17. The van der Waals surface area contributed by atoms with Crippen molar-refractivity contribution in [1.82, 2.24) is 0 Å². The molecule has 0 saturated heterocycles. The first-order chi connectivity index (χ1) is 21.7. The maximum Gasteiger partial charge on any atom is 0.329 e. The van der Waals surface area contributed by atoms with E-state index < -0.39 is 15.3 Å². The van der Waals surface area contributed by atoms with Gasteiger partial charge in [-0.15, -0.1) is 0 Å². The van der Waals surface area contributed by atoms with Gasteiger partial charge in [-0.2, -0.15) is 0 Å². The summed E-state index contributed by atoms with van der Waals surface area (Å²) in [5.41, 5.74) is 8.10. The number of rotatable bonds is 10. The molecule has 4 aromatic carbocycles. The molecule has 0 aliphatic carbocycles. The van der Waals surface area contributed by atoms with Crippen LogP contribution in [-0.4, -0.2) is 9.79 Å². The van der Waals surface area contributed by atoms with Gasteiger partial charge in [0.25, 0.3) is 0 Å². The van der Waals surface area contributed by atoms with E-state index >= 15 is 0 Å². The summed E-state index contributed by atoms with van der Waals surface area (Å²) in [7, 11) is -6.50. The zero-order chi connectivity index (χ0) is 31.4. The van der Waals surface area contributed by atoms with Gasteiger partial charge in [-0.3, -0.25) is 4.57 Å². The summed E-state index contributed by atoms with van der Waals surface area (Å²) in [5, 5.41) is 2.33. The fourth-order valence-electron chi connectivity index (χ4n) is 5.42. The van der Waals surface area contributed by atoms with E-state index in [9.17, 15) is 23.5 Å². The van der Waals surface area contributed by atoms with Crippen molar-refractivity contribution in [1.29, 1.82) is 0 Å². The molecule has 0 saturated carbocycles. The number of hydrogen-bond acceptors (Lipinski definition) is 3. The largest absolute Gasteiger partial charge is 0.329 e. The highest BCUT2D eigenvalue weighted by Crippen LogP contribution is 2.39. The fraction of sp³-hybridized carbons (Fsp3) is 0.111. The van der Waals surface area contributed by atoms with Gasteiger partial charge < -0.3 is 9.79 Å². The van der Waals surface area contributed by atoms with Gasteiger partial charge in [-0.05, 0) is 56.3 Å². The van der Waals surface area contributed by atoms with Gasteiger partial charge in [0.15, 0.2) is 37.9 Å². The Morgan fingerprint density at radius 2 is 0.933 bits per heavy atom. The Kier molecular flexibility index (Phi) is 8.97. The van der Waals surface area contributed by atoms with Crippen molar-refractivity contribution >= 4 is 26.0 Å². The van der Waals surface area contributed by atoms with Crippen LogP contribution in [0.2, 0.25) is 0 Å². The SMILES string of the molecule is O=P(=O)Cc1ccc(C[n+]2ccc(-c3ccc4ccc(-c5cc[n+](Cc6ccc(CP(=O)(O)O)cc6)cc5)cc4c3)cc2)cc1. The standard InChI is InChI=1S/C36H30N2O5P2/c39-44(40)25-29-5-1-27(2-6-29)23-37-17-13-32(14-18-37)34-11-9-31-10-12-35(22-36(31)21-34)33-15-19-38(20-16-33)24-28-3-7-30(8-4-28)26-45(41,42)43/h1-22H,23-26H2/p+2. The molecule has 2 heterocycles. The first-order valence-electron chi connectivity index (χ1n) is 14.5. The Morgan fingerprint density at radius 3 is 1.36 bits per heavy atom. The first kappa shape index (κ1) is 30.5. The highest BCUT2D eigenvalue weighted by molar-refractivity contribution is 7.50. The van der Waals surface area contributed by atoms with Gasteiger partial charge in [0, 0.05) is 35.4 Å². The second kappa shape index (κ2) is 13.2. The Morgan fingerprint density at radius 1 is 0.511 bits per heavy atom. The van der Waals surface area contributed by atoms with Crippen LogP contribution in [0, 0.1) is 0 Å². The van der Waals surface area contributed by atoms with E-state index in [1.165, 1.54) is 5.39 Å². The maximum absolute atomic E-state index is 11.2. The number of aromatic nitrogens is 2. The molecule has 0 aliphatic heterocycles. The van der Waals surface area contributed by atoms with Crippen LogP contribution in [-0.2, 0) is 39.1 Å². The quantitative estimate of drug-likeness (QED) is 0.123. The average molecular weight is 635 g/mol. The van der Waals surface area contributed by atoms with Gasteiger partial charge >= 0.3 is 15.3 Å². The van der Waals surface area contributed by atoms with Crippen LogP contribution in [0.4, 0.5) is 0 Å². The number of pyridine rings is 2. The molecule has 7 nitrogen and oxygen atoms in total. The molecule has 0 bridgehead atoms. The van der Waals surface area contributed by atoms with Gasteiger partial charge in [-0.1, -0.05) is 72.8 Å². The van der Waals surface area contributed by atoms with Crippen molar-refractivity contribution in [2.45, 2.75) is 25.4 Å². The summed E-state index contributed by atoms with van der Waals surface area (Å²) < 4.78 is 37.4. The highest BCUT2D eigenvalue weighted by Gasteiger charge is 2.14. The van der Waals surface area contributed by atoms with E-state index in [-0.39, 0.29) is 12.3 Å². The van der Waals surface area contributed by atoms with E-state index in [2.05, 4.69) is 82.2 Å². The van der Waals surface area contributed by atoms with Crippen LogP contribution in [0.3, 0.4) is 0 Å². The molecule has 0 fully saturated rings. The molecule has 224 valence electrons. The summed E-state index contributed by atoms with van der Waals surface area (Å²) in [6.45, 7) is 1.36. The van der Waals surface area contributed by atoms with E-state index in [0.29, 0.717) is 18.7 Å². The predicted octanol–water partition coefficient (Wildman–Crippen LogP) is 7.20. The topological polar surface area (TPSA) is 99.4 Å². The Bertz CT molecular complexity index is 2060. The Balaban J connectivity index is 1.14. The van der Waals surface area contributed by atoms with Crippen LogP contribution in [0.25, 0.3) is 33.0 Å². The molecule has 0 unspecified atom stereocenters. The van der Waals surface area contributed by atoms with Crippen LogP contribution in [0.5, 0.6) is 0 Å². The highest BCUT2D eigenvalue weighted by atomic mass is 31.2. The summed E-state index contributed by atoms with van der Waals surface area (Å²) >= 11 is 0. The van der Waals surface area contributed by atoms with E-state index in [1.54, 1.807) is 12.1 Å². The lowest BCUT2D eigenvalue weighted by Crippen LogP contribution is -2.33. The lowest BCUT2D eigenvalue weighted by atomic mass is 9.98. The van der Waals surface area contributed by atoms with Crippen molar-refractivity contribution in [3.05, 3.63) is 156 Å². The lowest BCUT2D eigenvalue weighted by molar-refractivity contribution is -0.688. The minimum absolute atomic E-state index is 0.0698. The van der Waals surface area contributed by atoms with Crippen LogP contribution < -0.4 is 9.13 Å². The first-order valence-corrected chi connectivity index (χ1v) is 17.7. The zero-order valence-electron chi connectivity index (χ0n) is 24.4. The van der Waals surface area contributed by atoms with Crippen molar-refractivity contribution in [3.8, 4) is 22.3 Å². The van der Waals surface area contributed by atoms with Gasteiger partial charge in [-0.25, -0.2) is 18.3 Å². The number of hydrogen-bond donors (Lipinski definition) is 2. The average Bonchev–Trinajstić information content (AvgIpc) is 3.02. The summed E-state index contributed by atoms with van der Waals surface area (Å²) in [5.74, 6) is 0. The van der Waals surface area contributed by atoms with E-state index in [4.69, 9.17) is 0 Å². The van der Waals surface area contributed by atoms with Crippen molar-refractivity contribution in [2.75, 3.05) is 0 Å². The number of benzene rings is 4. The molecule has 2 aromatic heterocycles. The predicted molar refractivity (Wildman–Crippen MR) is 174 cm³/mol. The van der Waals surface area contributed by atoms with Crippen LogP contribution in [0.15, 0.2) is 134 Å². The van der Waals surface area contributed by atoms with E-state index in [0.717, 1.165) is 44.3 Å². The molecule has 0 atom stereocenters. The molecule has 0 radical (unpaired) electrons.